The van der Waals surface area contributed by atoms with E-state index in [1.165, 1.54) is 28.8 Å². The first-order valence-corrected chi connectivity index (χ1v) is 10.7. The Kier molecular flexibility index (Phi) is 6.37. The number of likely N-dealkylation sites (N-methyl/N-ethyl adjacent to an activating group) is 1. The number of carboxylic acids is 1. The van der Waals surface area contributed by atoms with Crippen LogP contribution in [0.1, 0.15) is 21.5 Å². The van der Waals surface area contributed by atoms with Gasteiger partial charge >= 0.3 is 0 Å². The lowest BCUT2D eigenvalue weighted by molar-refractivity contribution is -0.255. The average molecular weight is 444 g/mol. The second-order valence-corrected chi connectivity index (χ2v) is 8.02. The smallest absolute Gasteiger partial charge is 0.266 e. The molecule has 0 bridgehead atoms. The van der Waals surface area contributed by atoms with Crippen LogP contribution in [0.15, 0.2) is 88.8 Å². The molecule has 0 radical (unpaired) electrons. The maximum Gasteiger partial charge on any atom is 0.266 e. The maximum absolute atomic E-state index is 12.8. The van der Waals surface area contributed by atoms with E-state index in [0.717, 1.165) is 11.1 Å². The first-order chi connectivity index (χ1) is 15.5. The van der Waals surface area contributed by atoms with Crippen molar-refractivity contribution in [2.24, 2.45) is 4.99 Å². The Balaban J connectivity index is 1.54. The van der Waals surface area contributed by atoms with Gasteiger partial charge in [0.1, 0.15) is 12.4 Å². The first-order valence-electron chi connectivity index (χ1n) is 9.85. The number of carboxylic acid groups (broad SMARTS) is 1. The molecule has 1 amide bonds. The molecular formula is C25H19N2O4S-. The molecule has 1 saturated heterocycles. The monoisotopic (exact) mass is 443 g/mol. The van der Waals surface area contributed by atoms with Gasteiger partial charge in [0.2, 0.25) is 0 Å². The Morgan fingerprint density at radius 3 is 2.44 bits per heavy atom. The van der Waals surface area contributed by atoms with Gasteiger partial charge < -0.3 is 14.6 Å². The molecule has 1 fully saturated rings. The van der Waals surface area contributed by atoms with Crippen molar-refractivity contribution < 1.29 is 19.4 Å². The summed E-state index contributed by atoms with van der Waals surface area (Å²) in [5.41, 5.74) is 2.47. The molecule has 0 aromatic heterocycles. The van der Waals surface area contributed by atoms with E-state index < -0.39 is 5.97 Å². The molecule has 1 aliphatic heterocycles. The third-order valence-electron chi connectivity index (χ3n) is 4.77. The summed E-state index contributed by atoms with van der Waals surface area (Å²) < 4.78 is 5.99. The zero-order chi connectivity index (χ0) is 22.5. The summed E-state index contributed by atoms with van der Waals surface area (Å²) in [5, 5.41) is 11.4. The molecule has 160 valence electrons. The molecule has 0 N–H and O–H groups in total. The SMILES string of the molecule is CN1C(=O)/C(=C/c2ccccc2OCc2ccccc2)SC1=Nc1ccc(C(=O)[O-])cc1. The summed E-state index contributed by atoms with van der Waals surface area (Å²) in [7, 11) is 1.66. The molecule has 32 heavy (non-hydrogen) atoms. The largest absolute Gasteiger partial charge is 0.545 e. The number of amides is 1. The van der Waals surface area contributed by atoms with E-state index in [9.17, 15) is 14.7 Å². The number of rotatable bonds is 6. The molecule has 1 aliphatic rings. The predicted octanol–water partition coefficient (Wildman–Crippen LogP) is 3.86. The number of amidine groups is 1. The zero-order valence-corrected chi connectivity index (χ0v) is 18.0. The van der Waals surface area contributed by atoms with Gasteiger partial charge in [0.15, 0.2) is 5.17 Å². The Labute approximate surface area is 189 Å². The highest BCUT2D eigenvalue weighted by Gasteiger charge is 2.30. The van der Waals surface area contributed by atoms with Gasteiger partial charge in [-0.2, -0.15) is 0 Å². The highest BCUT2D eigenvalue weighted by molar-refractivity contribution is 8.18. The molecule has 0 spiro atoms. The fraction of sp³-hybridized carbons (Fsp3) is 0.0800. The lowest BCUT2D eigenvalue weighted by Crippen LogP contribution is -2.23. The summed E-state index contributed by atoms with van der Waals surface area (Å²) in [5.74, 6) is -0.730. The number of hydrogen-bond acceptors (Lipinski definition) is 6. The highest BCUT2D eigenvalue weighted by Crippen LogP contribution is 2.34. The van der Waals surface area contributed by atoms with Crippen LogP contribution in [0.2, 0.25) is 0 Å². The molecule has 6 nitrogen and oxygen atoms in total. The normalized spacial score (nSPS) is 16.0. The van der Waals surface area contributed by atoms with E-state index in [0.29, 0.717) is 28.1 Å². The molecule has 3 aromatic carbocycles. The zero-order valence-electron chi connectivity index (χ0n) is 17.2. The number of aromatic carboxylic acids is 1. The molecule has 0 aliphatic carbocycles. The van der Waals surface area contributed by atoms with E-state index in [1.54, 1.807) is 25.3 Å². The fourth-order valence-corrected chi connectivity index (χ4v) is 4.02. The molecule has 0 saturated carbocycles. The summed E-state index contributed by atoms with van der Waals surface area (Å²) in [4.78, 5) is 30.1. The van der Waals surface area contributed by atoms with Gasteiger partial charge in [-0.05, 0) is 47.2 Å². The van der Waals surface area contributed by atoms with E-state index in [1.807, 2.05) is 54.6 Å². The van der Waals surface area contributed by atoms with Crippen LogP contribution < -0.4 is 9.84 Å². The van der Waals surface area contributed by atoms with Gasteiger partial charge in [-0.15, -0.1) is 0 Å². The van der Waals surface area contributed by atoms with Crippen molar-refractivity contribution in [3.05, 3.63) is 100 Å². The van der Waals surface area contributed by atoms with Crippen molar-refractivity contribution in [2.75, 3.05) is 7.05 Å². The number of nitrogens with zero attached hydrogens (tertiary/aromatic N) is 2. The van der Waals surface area contributed by atoms with Crippen LogP contribution in [0.3, 0.4) is 0 Å². The van der Waals surface area contributed by atoms with Crippen LogP contribution in [0.5, 0.6) is 5.75 Å². The van der Waals surface area contributed by atoms with Crippen molar-refractivity contribution in [3.8, 4) is 5.75 Å². The van der Waals surface area contributed by atoms with Crippen molar-refractivity contribution in [2.45, 2.75) is 6.61 Å². The molecule has 3 aromatic rings. The number of aliphatic imine (C=N–C) groups is 1. The molecule has 7 heteroatoms. The van der Waals surface area contributed by atoms with Crippen molar-refractivity contribution in [1.29, 1.82) is 0 Å². The second-order valence-electron chi connectivity index (χ2n) is 7.02. The van der Waals surface area contributed by atoms with Crippen LogP contribution in [-0.2, 0) is 11.4 Å². The van der Waals surface area contributed by atoms with Gasteiger partial charge in [-0.3, -0.25) is 9.69 Å². The molecule has 0 atom stereocenters. The van der Waals surface area contributed by atoms with Crippen molar-refractivity contribution in [1.82, 2.24) is 4.90 Å². The minimum absolute atomic E-state index is 0.0742. The number of hydrogen-bond donors (Lipinski definition) is 0. The Bertz CT molecular complexity index is 1200. The number of thioether (sulfide) groups is 1. The number of carbonyl (C=O) groups is 2. The summed E-state index contributed by atoms with van der Waals surface area (Å²) in [6, 6.07) is 23.4. The molecule has 0 unspecified atom stereocenters. The van der Waals surface area contributed by atoms with Gasteiger partial charge in [0.05, 0.1) is 16.6 Å². The minimum Gasteiger partial charge on any atom is -0.545 e. The van der Waals surface area contributed by atoms with Crippen LogP contribution in [0.25, 0.3) is 6.08 Å². The standard InChI is InChI=1S/C25H20N2O4S/c1-27-23(28)22(32-25(27)26-20-13-11-18(12-14-20)24(29)30)15-19-9-5-6-10-21(19)31-16-17-7-3-2-4-8-17/h2-15H,16H2,1H3,(H,29,30)/p-1/b22-15-,26-25?. The average Bonchev–Trinajstić information content (AvgIpc) is 3.07. The summed E-state index contributed by atoms with van der Waals surface area (Å²) >= 11 is 1.25. The molecular weight excluding hydrogens is 424 g/mol. The van der Waals surface area contributed by atoms with Gasteiger partial charge in [-0.1, -0.05) is 60.7 Å². The molecule has 1 heterocycles. The highest BCUT2D eigenvalue weighted by atomic mass is 32.2. The first kappa shape index (κ1) is 21.4. The maximum atomic E-state index is 12.8. The van der Waals surface area contributed by atoms with Gasteiger partial charge in [0.25, 0.3) is 5.91 Å². The van der Waals surface area contributed by atoms with Crippen LogP contribution in [0, 0.1) is 0 Å². The Hall–Kier alpha value is -3.84. The number of para-hydroxylation sites is 1. The quantitative estimate of drug-likeness (QED) is 0.541. The van der Waals surface area contributed by atoms with E-state index in [-0.39, 0.29) is 11.5 Å². The number of carbonyl (C=O) groups excluding carboxylic acids is 2. The third-order valence-corrected chi connectivity index (χ3v) is 5.83. The van der Waals surface area contributed by atoms with Crippen LogP contribution in [-0.4, -0.2) is 29.0 Å². The van der Waals surface area contributed by atoms with Gasteiger partial charge in [0, 0.05) is 12.6 Å². The van der Waals surface area contributed by atoms with E-state index >= 15 is 0 Å². The minimum atomic E-state index is -1.25. The van der Waals surface area contributed by atoms with E-state index in [2.05, 4.69) is 4.99 Å². The van der Waals surface area contributed by atoms with Crippen molar-refractivity contribution in [3.63, 3.8) is 0 Å². The topological polar surface area (TPSA) is 82.0 Å². The van der Waals surface area contributed by atoms with Crippen LogP contribution >= 0.6 is 11.8 Å². The number of benzene rings is 3. The summed E-state index contributed by atoms with van der Waals surface area (Å²) in [6.07, 6.45) is 1.80. The Morgan fingerprint density at radius 2 is 1.72 bits per heavy atom. The third kappa shape index (κ3) is 4.90. The summed E-state index contributed by atoms with van der Waals surface area (Å²) in [6.45, 7) is 0.427. The molecule has 4 rings (SSSR count). The predicted molar refractivity (Wildman–Crippen MR) is 123 cm³/mol. The fourth-order valence-electron chi connectivity index (χ4n) is 3.04. The van der Waals surface area contributed by atoms with Crippen molar-refractivity contribution >= 4 is 40.6 Å². The lowest BCUT2D eigenvalue weighted by Gasteiger charge is -2.09. The Morgan fingerprint density at radius 1 is 1.03 bits per heavy atom. The lowest BCUT2D eigenvalue weighted by atomic mass is 10.2. The number of ether oxygens (including phenoxy) is 1. The second kappa shape index (κ2) is 9.53. The van der Waals surface area contributed by atoms with E-state index in [4.69, 9.17) is 4.74 Å². The van der Waals surface area contributed by atoms with Gasteiger partial charge in [-0.25, -0.2) is 4.99 Å². The van der Waals surface area contributed by atoms with Crippen LogP contribution in [0.4, 0.5) is 5.69 Å².